The van der Waals surface area contributed by atoms with E-state index in [0.717, 1.165) is 35.5 Å². The molecule has 4 heterocycles. The first kappa shape index (κ1) is 21.7. The molecule has 1 aliphatic heterocycles. The lowest BCUT2D eigenvalue weighted by atomic mass is 10.1. The topological polar surface area (TPSA) is 84.8 Å². The van der Waals surface area contributed by atoms with Gasteiger partial charge in [-0.05, 0) is 44.0 Å². The maximum absolute atomic E-state index is 14.0. The summed E-state index contributed by atoms with van der Waals surface area (Å²) in [5.74, 6) is 1.99. The van der Waals surface area contributed by atoms with E-state index in [4.69, 9.17) is 21.3 Å². The van der Waals surface area contributed by atoms with Crippen LogP contribution in [0, 0.1) is 6.92 Å². The number of hydrogen-bond donors (Lipinski definition) is 1. The predicted octanol–water partition coefficient (Wildman–Crippen LogP) is 5.48. The summed E-state index contributed by atoms with van der Waals surface area (Å²) in [5, 5.41) is 4.92. The minimum absolute atomic E-state index is 0.245. The number of aromatic nitrogens is 6. The summed E-state index contributed by atoms with van der Waals surface area (Å²) in [5.41, 5.74) is 3.60. The van der Waals surface area contributed by atoms with Gasteiger partial charge in [0.05, 0.1) is 40.7 Å². The third-order valence-electron chi connectivity index (χ3n) is 6.93. The average molecular weight is 504 g/mol. The molecule has 0 amide bonds. The number of alkyl halides is 1. The third-order valence-corrected chi connectivity index (χ3v) is 7.29. The van der Waals surface area contributed by atoms with Crippen LogP contribution in [0.2, 0.25) is 5.02 Å². The van der Waals surface area contributed by atoms with Gasteiger partial charge in [-0.15, -0.1) is 0 Å². The molecule has 2 aliphatic rings. The van der Waals surface area contributed by atoms with Crippen LogP contribution in [-0.4, -0.2) is 59.9 Å². The number of likely N-dealkylation sites (tertiary alicyclic amines) is 1. The van der Waals surface area contributed by atoms with Crippen molar-refractivity contribution in [2.75, 3.05) is 19.6 Å². The van der Waals surface area contributed by atoms with Crippen molar-refractivity contribution in [3.8, 4) is 22.8 Å². The molecule has 1 N–H and O–H groups in total. The molecule has 2 aromatic carbocycles. The second kappa shape index (κ2) is 7.97. The number of nitrogens with one attached hydrogen (secondary N) is 1. The lowest BCUT2D eigenvalue weighted by Gasteiger charge is -2.39. The van der Waals surface area contributed by atoms with E-state index in [-0.39, 0.29) is 6.04 Å². The lowest BCUT2D eigenvalue weighted by molar-refractivity contribution is 0.0631. The molecule has 8 nitrogen and oxygen atoms in total. The van der Waals surface area contributed by atoms with Gasteiger partial charge in [0.25, 0.3) is 0 Å². The van der Waals surface area contributed by atoms with Gasteiger partial charge in [0.1, 0.15) is 33.5 Å². The quantitative estimate of drug-likeness (QED) is 0.330. The van der Waals surface area contributed by atoms with E-state index in [2.05, 4.69) is 25.0 Å². The van der Waals surface area contributed by atoms with Crippen molar-refractivity contribution in [2.24, 2.45) is 0 Å². The first-order valence-electron chi connectivity index (χ1n) is 12.0. The molecule has 0 spiro atoms. The SMILES string of the molecule is Cc1nc2ccc(Oc3ccc4ncc(-c5cnn(C6CN(CC7(F)CC7)C6)c5)nc4c3Cl)cc2[nH]1. The summed E-state index contributed by atoms with van der Waals surface area (Å²) in [6.07, 6.45) is 6.86. The molecule has 0 unspecified atom stereocenters. The van der Waals surface area contributed by atoms with Gasteiger partial charge in [-0.25, -0.2) is 14.4 Å². The van der Waals surface area contributed by atoms with Crippen molar-refractivity contribution in [3.63, 3.8) is 0 Å². The number of ether oxygens (including phenoxy) is 1. The number of hydrogen-bond acceptors (Lipinski definition) is 6. The van der Waals surface area contributed by atoms with Crippen molar-refractivity contribution in [1.82, 2.24) is 34.6 Å². The second-order valence-electron chi connectivity index (χ2n) is 9.81. The highest BCUT2D eigenvalue weighted by Crippen LogP contribution is 2.42. The molecule has 0 bridgehead atoms. The highest BCUT2D eigenvalue weighted by molar-refractivity contribution is 6.36. The van der Waals surface area contributed by atoms with Gasteiger partial charge in [-0.1, -0.05) is 11.6 Å². The van der Waals surface area contributed by atoms with Crippen LogP contribution < -0.4 is 4.74 Å². The van der Waals surface area contributed by atoms with E-state index in [9.17, 15) is 4.39 Å². The number of benzene rings is 2. The third kappa shape index (κ3) is 3.88. The zero-order valence-electron chi connectivity index (χ0n) is 19.6. The normalized spacial score (nSPS) is 17.5. The number of rotatable bonds is 6. The second-order valence-corrected chi connectivity index (χ2v) is 10.2. The number of nitrogens with zero attached hydrogens (tertiary/aromatic N) is 6. The molecule has 182 valence electrons. The van der Waals surface area contributed by atoms with Gasteiger partial charge >= 0.3 is 0 Å². The Hall–Kier alpha value is -3.56. The monoisotopic (exact) mass is 503 g/mol. The first-order chi connectivity index (χ1) is 17.4. The van der Waals surface area contributed by atoms with Crippen LogP contribution in [0.15, 0.2) is 48.9 Å². The molecule has 7 rings (SSSR count). The average Bonchev–Trinajstić information content (AvgIpc) is 3.22. The minimum atomic E-state index is -0.951. The minimum Gasteiger partial charge on any atom is -0.456 e. The lowest BCUT2D eigenvalue weighted by Crippen LogP contribution is -2.50. The molecule has 2 fully saturated rings. The molecule has 1 saturated heterocycles. The van der Waals surface area contributed by atoms with Crippen molar-refractivity contribution in [1.29, 1.82) is 0 Å². The van der Waals surface area contributed by atoms with Crippen LogP contribution in [0.25, 0.3) is 33.3 Å². The van der Waals surface area contributed by atoms with Crippen molar-refractivity contribution in [2.45, 2.75) is 31.5 Å². The molecule has 1 aliphatic carbocycles. The number of H-pyrrole nitrogens is 1. The van der Waals surface area contributed by atoms with Crippen LogP contribution in [0.3, 0.4) is 0 Å². The highest BCUT2D eigenvalue weighted by Gasteiger charge is 2.46. The van der Waals surface area contributed by atoms with Crippen LogP contribution in [0.5, 0.6) is 11.5 Å². The summed E-state index contributed by atoms with van der Waals surface area (Å²) >= 11 is 6.73. The number of aromatic amines is 1. The van der Waals surface area contributed by atoms with Crippen molar-refractivity contribution >= 4 is 33.7 Å². The Morgan fingerprint density at radius 1 is 1.14 bits per heavy atom. The zero-order valence-corrected chi connectivity index (χ0v) is 20.3. The Labute approximate surface area is 211 Å². The fourth-order valence-corrected chi connectivity index (χ4v) is 5.00. The number of aryl methyl sites for hydroxylation is 1. The fraction of sp³-hybridized carbons (Fsp3) is 0.308. The Morgan fingerprint density at radius 3 is 2.81 bits per heavy atom. The van der Waals surface area contributed by atoms with E-state index in [0.29, 0.717) is 52.6 Å². The van der Waals surface area contributed by atoms with Gasteiger partial charge in [0.2, 0.25) is 0 Å². The number of halogens is 2. The van der Waals surface area contributed by atoms with Gasteiger partial charge in [-0.3, -0.25) is 14.6 Å². The first-order valence-corrected chi connectivity index (χ1v) is 12.4. The fourth-order valence-electron chi connectivity index (χ4n) is 4.75. The van der Waals surface area contributed by atoms with E-state index in [1.807, 2.05) is 42.1 Å². The smallest absolute Gasteiger partial charge is 0.148 e. The van der Waals surface area contributed by atoms with Gasteiger partial charge in [-0.2, -0.15) is 5.10 Å². The summed E-state index contributed by atoms with van der Waals surface area (Å²) < 4.78 is 22.0. The van der Waals surface area contributed by atoms with E-state index in [1.54, 1.807) is 18.5 Å². The van der Waals surface area contributed by atoms with Crippen LogP contribution in [0.4, 0.5) is 4.39 Å². The van der Waals surface area contributed by atoms with Crippen LogP contribution in [0.1, 0.15) is 24.7 Å². The largest absolute Gasteiger partial charge is 0.456 e. The Bertz CT molecular complexity index is 1620. The summed E-state index contributed by atoms with van der Waals surface area (Å²) in [6.45, 7) is 4.07. The Morgan fingerprint density at radius 2 is 1.97 bits per heavy atom. The molecule has 36 heavy (non-hydrogen) atoms. The molecule has 1 saturated carbocycles. The maximum Gasteiger partial charge on any atom is 0.148 e. The van der Waals surface area contributed by atoms with Crippen molar-refractivity contribution < 1.29 is 9.13 Å². The molecule has 0 atom stereocenters. The van der Waals surface area contributed by atoms with Crippen LogP contribution in [-0.2, 0) is 0 Å². The van der Waals surface area contributed by atoms with Crippen LogP contribution >= 0.6 is 11.6 Å². The number of fused-ring (bicyclic) bond motifs is 2. The molecule has 0 radical (unpaired) electrons. The highest BCUT2D eigenvalue weighted by atomic mass is 35.5. The molecular weight excluding hydrogens is 481 g/mol. The standard InChI is InChI=1S/C26H23ClFN7O/c1-15-31-19-3-2-18(8-21(19)32-15)36-23-5-4-20-25(24(23)27)33-22(10-29-20)16-9-30-35(11-16)17-12-34(13-17)14-26(28)6-7-26/h2-5,8-11,17H,6-7,12-14H2,1H3,(H,31,32). The van der Waals surface area contributed by atoms with E-state index in [1.165, 1.54) is 0 Å². The summed E-state index contributed by atoms with van der Waals surface area (Å²) in [4.78, 5) is 19.1. The van der Waals surface area contributed by atoms with E-state index < -0.39 is 5.67 Å². The van der Waals surface area contributed by atoms with Gasteiger partial charge in [0, 0.05) is 37.5 Å². The molecule has 5 aromatic rings. The Kier molecular flexibility index (Phi) is 4.81. The molecule has 3 aromatic heterocycles. The van der Waals surface area contributed by atoms with Gasteiger partial charge in [0.15, 0.2) is 0 Å². The zero-order chi connectivity index (χ0) is 24.4. The van der Waals surface area contributed by atoms with Gasteiger partial charge < -0.3 is 9.72 Å². The Balaban J connectivity index is 1.12. The number of imidazole rings is 1. The molecular formula is C26H23ClFN7O. The summed E-state index contributed by atoms with van der Waals surface area (Å²) in [7, 11) is 0. The summed E-state index contributed by atoms with van der Waals surface area (Å²) in [6, 6.07) is 9.54. The van der Waals surface area contributed by atoms with Crippen molar-refractivity contribution in [3.05, 3.63) is 59.8 Å². The molecule has 10 heteroatoms. The maximum atomic E-state index is 14.0. The van der Waals surface area contributed by atoms with E-state index >= 15 is 0 Å². The predicted molar refractivity (Wildman–Crippen MR) is 135 cm³/mol.